The van der Waals surface area contributed by atoms with Crippen LogP contribution in [-0.4, -0.2) is 58.7 Å². The Morgan fingerprint density at radius 2 is 1.70 bits per heavy atom. The number of hydrogen-bond donors (Lipinski definition) is 2. The Hall–Kier alpha value is -3.04. The number of amides is 1. The van der Waals surface area contributed by atoms with E-state index in [0.717, 1.165) is 32.1 Å². The molecule has 4 rings (SSSR count). The van der Waals surface area contributed by atoms with Gasteiger partial charge in [0.2, 0.25) is 11.7 Å². The van der Waals surface area contributed by atoms with Gasteiger partial charge in [0.25, 0.3) is 0 Å². The number of carbonyl (C=O) groups is 6. The minimum absolute atomic E-state index is 0.0318. The number of carboxylic acid groups (broad SMARTS) is 1. The zero-order chi connectivity index (χ0) is 31.7. The zero-order valence-electron chi connectivity index (χ0n) is 26.2. The van der Waals surface area contributed by atoms with Gasteiger partial charge in [-0.15, -0.1) is 0 Å². The van der Waals surface area contributed by atoms with Crippen molar-refractivity contribution >= 4 is 35.4 Å². The van der Waals surface area contributed by atoms with Crippen LogP contribution in [0.3, 0.4) is 0 Å². The van der Waals surface area contributed by atoms with Crippen molar-refractivity contribution in [3.8, 4) is 0 Å². The van der Waals surface area contributed by atoms with Crippen molar-refractivity contribution in [1.82, 2.24) is 5.32 Å². The smallest absolute Gasteiger partial charge is 0.326 e. The number of rotatable bonds is 11. The third kappa shape index (κ3) is 6.29. The van der Waals surface area contributed by atoms with Gasteiger partial charge in [-0.05, 0) is 86.5 Å². The Kier molecular flexibility index (Phi) is 9.57. The summed E-state index contributed by atoms with van der Waals surface area (Å²) in [6.45, 7) is 8.75. The van der Waals surface area contributed by atoms with E-state index in [2.05, 4.69) is 12.2 Å². The molecule has 0 aliphatic heterocycles. The lowest BCUT2D eigenvalue weighted by atomic mass is 9.46. The number of ether oxygens (including phenoxy) is 2. The third-order valence-electron chi connectivity index (χ3n) is 11.1. The molecule has 0 saturated heterocycles. The van der Waals surface area contributed by atoms with E-state index in [1.165, 1.54) is 12.5 Å². The first-order valence-corrected chi connectivity index (χ1v) is 15.8. The van der Waals surface area contributed by atoms with E-state index < -0.39 is 53.3 Å². The fraction of sp³-hybridized carbons (Fsp3) is 0.758. The molecule has 0 radical (unpaired) electrons. The first-order valence-electron chi connectivity index (χ1n) is 15.8. The monoisotopic (exact) mass is 601 g/mol. The summed E-state index contributed by atoms with van der Waals surface area (Å²) < 4.78 is 11.2. The average Bonchev–Trinajstić information content (AvgIpc) is 3.22. The van der Waals surface area contributed by atoms with Gasteiger partial charge in [-0.2, -0.15) is 0 Å². The third-order valence-corrected chi connectivity index (χ3v) is 11.1. The highest BCUT2D eigenvalue weighted by molar-refractivity contribution is 5.94. The maximum absolute atomic E-state index is 13.9. The van der Waals surface area contributed by atoms with Crippen molar-refractivity contribution in [3.63, 3.8) is 0 Å². The molecule has 1 amide bonds. The molecule has 3 saturated carbocycles. The van der Waals surface area contributed by atoms with E-state index in [4.69, 9.17) is 9.47 Å². The van der Waals surface area contributed by atoms with Crippen LogP contribution in [0.2, 0.25) is 0 Å². The Bertz CT molecular complexity index is 1210. The van der Waals surface area contributed by atoms with Crippen molar-refractivity contribution in [2.45, 2.75) is 117 Å². The molecule has 43 heavy (non-hydrogen) atoms. The van der Waals surface area contributed by atoms with Crippen molar-refractivity contribution < 1.29 is 43.3 Å². The summed E-state index contributed by atoms with van der Waals surface area (Å²) in [6.07, 6.45) is 7.37. The van der Waals surface area contributed by atoms with E-state index in [0.29, 0.717) is 31.1 Å². The number of esters is 2. The summed E-state index contributed by atoms with van der Waals surface area (Å²) in [5.74, 6) is -2.34. The SMILES string of the molecule is CC(=O)O[C@]1(C(=O)COC(=O)CCC(=O)N[C@H](CC(C)C)C(=O)O)CC[C@H]2[C@@H]3CCC4=CC(=O)CC[C@]4(C)[C@H]3CC[C@@]21C. The fourth-order valence-electron chi connectivity index (χ4n) is 9.00. The summed E-state index contributed by atoms with van der Waals surface area (Å²) in [5, 5.41) is 11.8. The number of carbonyl (C=O) groups excluding carboxylic acids is 5. The summed E-state index contributed by atoms with van der Waals surface area (Å²) in [5.41, 5.74) is -0.798. The van der Waals surface area contributed by atoms with Gasteiger partial charge in [-0.25, -0.2) is 4.79 Å². The number of hydrogen-bond acceptors (Lipinski definition) is 8. The van der Waals surface area contributed by atoms with E-state index in [9.17, 15) is 33.9 Å². The zero-order valence-corrected chi connectivity index (χ0v) is 26.2. The lowest BCUT2D eigenvalue weighted by Crippen LogP contribution is -2.59. The standard InChI is InChI=1S/C33H47NO9/c1-19(2)16-26(30(40)41)34-28(38)8-9-29(39)42-18-27(37)33(43-20(3)35)15-12-25-23-7-6-21-17-22(36)10-13-31(21,4)24(23)11-14-32(25,33)5/h17,19,23-26H,6-16,18H2,1-5H3,(H,34,38)(H,40,41)/t23-,24+,25+,26-,31+,32+,33+/m1/s1. The molecule has 2 N–H and O–H groups in total. The Balaban J connectivity index is 1.42. The predicted molar refractivity (Wildman–Crippen MR) is 155 cm³/mol. The molecule has 4 aliphatic carbocycles. The minimum Gasteiger partial charge on any atom is -0.480 e. The minimum atomic E-state index is -1.41. The second-order valence-corrected chi connectivity index (χ2v) is 14.1. The van der Waals surface area contributed by atoms with E-state index in [1.807, 2.05) is 26.8 Å². The second kappa shape index (κ2) is 12.5. The van der Waals surface area contributed by atoms with Crippen molar-refractivity contribution in [1.29, 1.82) is 0 Å². The van der Waals surface area contributed by atoms with Gasteiger partial charge >= 0.3 is 17.9 Å². The van der Waals surface area contributed by atoms with E-state index in [-0.39, 0.29) is 42.3 Å². The molecule has 0 aromatic rings. The molecule has 0 unspecified atom stereocenters. The first-order chi connectivity index (χ1) is 20.1. The highest BCUT2D eigenvalue weighted by atomic mass is 16.6. The molecule has 10 heteroatoms. The number of carboxylic acids is 1. The van der Waals surface area contributed by atoms with Gasteiger partial charge in [0.1, 0.15) is 6.04 Å². The molecule has 0 aromatic heterocycles. The molecule has 10 nitrogen and oxygen atoms in total. The highest BCUT2D eigenvalue weighted by Crippen LogP contribution is 2.68. The Morgan fingerprint density at radius 3 is 2.35 bits per heavy atom. The van der Waals surface area contributed by atoms with Crippen LogP contribution in [0.4, 0.5) is 0 Å². The van der Waals surface area contributed by atoms with Crippen LogP contribution in [-0.2, 0) is 38.2 Å². The predicted octanol–water partition coefficient (Wildman–Crippen LogP) is 4.33. The molecular formula is C33H47NO9. The van der Waals surface area contributed by atoms with Gasteiger partial charge in [0.15, 0.2) is 18.0 Å². The molecular weight excluding hydrogens is 554 g/mol. The van der Waals surface area contributed by atoms with E-state index >= 15 is 0 Å². The lowest BCUT2D eigenvalue weighted by Gasteiger charge is -2.59. The summed E-state index contributed by atoms with van der Waals surface area (Å²) in [7, 11) is 0. The number of aliphatic carboxylic acids is 1. The van der Waals surface area contributed by atoms with Crippen LogP contribution in [0.25, 0.3) is 0 Å². The second-order valence-electron chi connectivity index (χ2n) is 14.1. The maximum Gasteiger partial charge on any atom is 0.326 e. The molecule has 3 fully saturated rings. The number of ketones is 2. The molecule has 0 bridgehead atoms. The quantitative estimate of drug-likeness (QED) is 0.330. The molecule has 238 valence electrons. The number of allylic oxidation sites excluding steroid dienone is 1. The van der Waals surface area contributed by atoms with Crippen molar-refractivity contribution in [3.05, 3.63) is 11.6 Å². The van der Waals surface area contributed by atoms with Gasteiger partial charge in [-0.1, -0.05) is 33.3 Å². The topological polar surface area (TPSA) is 153 Å². The lowest BCUT2D eigenvalue weighted by molar-refractivity contribution is -0.191. The van der Waals surface area contributed by atoms with Crippen molar-refractivity contribution in [2.24, 2.45) is 34.5 Å². The molecule has 4 aliphatic rings. The highest BCUT2D eigenvalue weighted by Gasteiger charge is 2.68. The Labute approximate surface area is 253 Å². The van der Waals surface area contributed by atoms with Gasteiger partial charge in [0, 0.05) is 25.2 Å². The first kappa shape index (κ1) is 32.9. The number of fused-ring (bicyclic) bond motifs is 5. The molecule has 0 heterocycles. The fourth-order valence-corrected chi connectivity index (χ4v) is 9.00. The van der Waals surface area contributed by atoms with Crippen LogP contribution in [0.15, 0.2) is 11.6 Å². The molecule has 7 atom stereocenters. The van der Waals surface area contributed by atoms with Crippen molar-refractivity contribution in [2.75, 3.05) is 6.61 Å². The molecule has 0 aromatic carbocycles. The molecule has 0 spiro atoms. The van der Waals surface area contributed by atoms with Crippen LogP contribution in [0, 0.1) is 34.5 Å². The summed E-state index contributed by atoms with van der Waals surface area (Å²) in [6, 6.07) is -1.05. The van der Waals surface area contributed by atoms with E-state index in [1.54, 1.807) is 0 Å². The number of Topliss-reactive ketones (excluding diaryl/α,β-unsaturated/α-hetero) is 1. The normalized spacial score (nSPS) is 33.8. The number of nitrogens with one attached hydrogen (secondary N) is 1. The average molecular weight is 602 g/mol. The van der Waals surface area contributed by atoms with Crippen LogP contribution < -0.4 is 5.32 Å². The van der Waals surface area contributed by atoms with Gasteiger partial charge in [-0.3, -0.25) is 24.0 Å². The van der Waals surface area contributed by atoms with Crippen LogP contribution in [0.5, 0.6) is 0 Å². The maximum atomic E-state index is 13.9. The van der Waals surface area contributed by atoms with Crippen LogP contribution >= 0.6 is 0 Å². The van der Waals surface area contributed by atoms with Gasteiger partial charge < -0.3 is 19.9 Å². The summed E-state index contributed by atoms with van der Waals surface area (Å²) in [4.78, 5) is 74.6. The van der Waals surface area contributed by atoms with Crippen LogP contribution in [0.1, 0.15) is 105 Å². The van der Waals surface area contributed by atoms with Gasteiger partial charge in [0.05, 0.1) is 6.42 Å². The Morgan fingerprint density at radius 1 is 1.00 bits per heavy atom. The largest absolute Gasteiger partial charge is 0.480 e. The summed E-state index contributed by atoms with van der Waals surface area (Å²) >= 11 is 0.